The molecule has 138 valence electrons. The van der Waals surface area contributed by atoms with Crippen molar-refractivity contribution in [1.82, 2.24) is 10.7 Å². The third kappa shape index (κ3) is 6.37. The van der Waals surface area contributed by atoms with Crippen molar-refractivity contribution in [3.63, 3.8) is 0 Å². The molecule has 5 nitrogen and oxygen atoms in total. The third-order valence-corrected chi connectivity index (χ3v) is 3.70. The topological polar surface area (TPSA) is 54.9 Å². The second-order valence-corrected chi connectivity index (χ2v) is 6.05. The molecule has 0 aromatic heterocycles. The van der Waals surface area contributed by atoms with Gasteiger partial charge in [0.05, 0.1) is 12.8 Å². The first-order valence-electron chi connectivity index (χ1n) is 8.64. The van der Waals surface area contributed by atoms with Gasteiger partial charge in [0.15, 0.2) is 16.6 Å². The van der Waals surface area contributed by atoms with E-state index in [4.69, 9.17) is 21.7 Å². The van der Waals surface area contributed by atoms with Crippen molar-refractivity contribution in [2.24, 2.45) is 5.10 Å². The van der Waals surface area contributed by atoms with E-state index < -0.39 is 0 Å². The quantitative estimate of drug-likeness (QED) is 0.420. The summed E-state index contributed by atoms with van der Waals surface area (Å²) in [6.07, 6.45) is 1.69. The molecule has 0 heterocycles. The molecule has 2 N–H and O–H groups in total. The lowest BCUT2D eigenvalue weighted by Gasteiger charge is -2.13. The van der Waals surface area contributed by atoms with Gasteiger partial charge < -0.3 is 14.8 Å². The molecule has 2 aromatic rings. The van der Waals surface area contributed by atoms with Crippen LogP contribution in [0.25, 0.3) is 0 Å². The molecule has 0 aliphatic rings. The smallest absolute Gasteiger partial charge is 0.186 e. The fourth-order valence-electron chi connectivity index (χ4n) is 2.32. The van der Waals surface area contributed by atoms with Crippen LogP contribution in [0.1, 0.15) is 30.5 Å². The van der Waals surface area contributed by atoms with Gasteiger partial charge in [-0.2, -0.15) is 5.10 Å². The minimum absolute atomic E-state index is 0.492. The van der Waals surface area contributed by atoms with Crippen molar-refractivity contribution < 1.29 is 9.47 Å². The largest absolute Gasteiger partial charge is 0.490 e. The van der Waals surface area contributed by atoms with Gasteiger partial charge in [0.1, 0.15) is 6.61 Å². The number of hydrogen-bond acceptors (Lipinski definition) is 4. The number of ether oxygens (including phenoxy) is 2. The summed E-state index contributed by atoms with van der Waals surface area (Å²) in [6.45, 7) is 7.79. The lowest BCUT2D eigenvalue weighted by molar-refractivity contribution is 0.269. The maximum Gasteiger partial charge on any atom is 0.186 e. The Labute approximate surface area is 160 Å². The van der Waals surface area contributed by atoms with Crippen LogP contribution in [-0.4, -0.2) is 24.5 Å². The molecule has 0 saturated carbocycles. The average Bonchev–Trinajstić information content (AvgIpc) is 2.62. The van der Waals surface area contributed by atoms with Gasteiger partial charge in [0.25, 0.3) is 0 Å². The predicted molar refractivity (Wildman–Crippen MR) is 110 cm³/mol. The van der Waals surface area contributed by atoms with Crippen molar-refractivity contribution in [1.29, 1.82) is 0 Å². The van der Waals surface area contributed by atoms with Gasteiger partial charge in [0.2, 0.25) is 0 Å². The van der Waals surface area contributed by atoms with Crippen molar-refractivity contribution >= 4 is 23.5 Å². The molecule has 26 heavy (non-hydrogen) atoms. The fraction of sp³-hybridized carbons (Fsp3) is 0.300. The second kappa shape index (κ2) is 10.4. The highest BCUT2D eigenvalue weighted by molar-refractivity contribution is 7.80. The lowest BCUT2D eigenvalue weighted by Crippen LogP contribution is -2.31. The first kappa shape index (κ1) is 19.7. The second-order valence-electron chi connectivity index (χ2n) is 5.65. The number of rotatable bonds is 8. The average molecular weight is 372 g/mol. The van der Waals surface area contributed by atoms with Crippen LogP contribution in [0.3, 0.4) is 0 Å². The number of hydrazone groups is 1. The van der Waals surface area contributed by atoms with Gasteiger partial charge in [0, 0.05) is 6.54 Å². The van der Waals surface area contributed by atoms with E-state index in [0.29, 0.717) is 29.8 Å². The van der Waals surface area contributed by atoms with E-state index in [1.807, 2.05) is 44.2 Å². The molecule has 0 aliphatic carbocycles. The molecule has 0 atom stereocenters. The van der Waals surface area contributed by atoms with Crippen LogP contribution in [0.5, 0.6) is 11.5 Å². The fourth-order valence-corrected chi connectivity index (χ4v) is 2.52. The molecule has 6 heteroatoms. The number of aryl methyl sites for hydroxylation is 1. The van der Waals surface area contributed by atoms with Gasteiger partial charge in [-0.1, -0.05) is 29.8 Å². The van der Waals surface area contributed by atoms with E-state index in [1.54, 1.807) is 6.21 Å². The normalized spacial score (nSPS) is 10.6. The number of nitrogens with zero attached hydrogens (tertiary/aromatic N) is 1. The number of thiocarbonyl (C=S) groups is 1. The molecule has 2 aromatic carbocycles. The van der Waals surface area contributed by atoms with Gasteiger partial charge in [-0.25, -0.2) is 0 Å². The summed E-state index contributed by atoms with van der Waals surface area (Å²) in [5.41, 5.74) is 6.00. The van der Waals surface area contributed by atoms with Crippen LogP contribution in [0.15, 0.2) is 47.6 Å². The van der Waals surface area contributed by atoms with E-state index in [1.165, 1.54) is 5.56 Å². The van der Waals surface area contributed by atoms with Gasteiger partial charge in [-0.15, -0.1) is 0 Å². The first-order chi connectivity index (χ1) is 12.6. The molecule has 2 rings (SSSR count). The number of nitrogens with one attached hydrogen (secondary N) is 2. The summed E-state index contributed by atoms with van der Waals surface area (Å²) in [5.74, 6) is 1.40. The summed E-state index contributed by atoms with van der Waals surface area (Å²) in [5, 5.41) is 7.58. The summed E-state index contributed by atoms with van der Waals surface area (Å²) < 4.78 is 11.7. The van der Waals surface area contributed by atoms with E-state index in [9.17, 15) is 0 Å². The van der Waals surface area contributed by atoms with Crippen LogP contribution >= 0.6 is 12.2 Å². The van der Waals surface area contributed by atoms with Gasteiger partial charge in [-0.05, 0) is 62.3 Å². The van der Waals surface area contributed by atoms with Gasteiger partial charge in [-0.3, -0.25) is 5.43 Å². The Balaban J connectivity index is 2.05. The zero-order chi connectivity index (χ0) is 18.8. The van der Waals surface area contributed by atoms with Crippen LogP contribution < -0.4 is 20.2 Å². The minimum Gasteiger partial charge on any atom is -0.490 e. The number of benzene rings is 2. The SMILES string of the molecule is CCNC(=S)NN=Cc1ccc(OCc2cccc(C)c2)c(OCC)c1. The third-order valence-electron chi connectivity index (χ3n) is 3.46. The van der Waals surface area contributed by atoms with Crippen LogP contribution in [0, 0.1) is 6.92 Å². The minimum atomic E-state index is 0.492. The summed E-state index contributed by atoms with van der Waals surface area (Å²) >= 11 is 5.07. The maximum atomic E-state index is 5.94. The Morgan fingerprint density at radius 2 is 1.96 bits per heavy atom. The zero-order valence-corrected chi connectivity index (χ0v) is 16.2. The number of hydrogen-bond donors (Lipinski definition) is 2. The van der Waals surface area contributed by atoms with Crippen LogP contribution in [0.2, 0.25) is 0 Å². The van der Waals surface area contributed by atoms with Crippen LogP contribution in [-0.2, 0) is 6.61 Å². The van der Waals surface area contributed by atoms with Crippen LogP contribution in [0.4, 0.5) is 0 Å². The Kier molecular flexibility index (Phi) is 7.89. The highest BCUT2D eigenvalue weighted by Crippen LogP contribution is 2.29. The molecule has 0 amide bonds. The van der Waals surface area contributed by atoms with E-state index >= 15 is 0 Å². The van der Waals surface area contributed by atoms with Gasteiger partial charge >= 0.3 is 0 Å². The maximum absolute atomic E-state index is 5.94. The summed E-state index contributed by atoms with van der Waals surface area (Å²) in [6, 6.07) is 14.0. The van der Waals surface area contributed by atoms with Crippen molar-refractivity contribution in [3.05, 3.63) is 59.2 Å². The molecule has 0 aliphatic heterocycles. The van der Waals surface area contributed by atoms with E-state index in [2.05, 4.69) is 34.9 Å². The summed E-state index contributed by atoms with van der Waals surface area (Å²) in [7, 11) is 0. The highest BCUT2D eigenvalue weighted by atomic mass is 32.1. The van der Waals surface area contributed by atoms with Crippen molar-refractivity contribution in [3.8, 4) is 11.5 Å². The Bertz CT molecular complexity index is 762. The Morgan fingerprint density at radius 3 is 2.69 bits per heavy atom. The van der Waals surface area contributed by atoms with Crippen molar-refractivity contribution in [2.45, 2.75) is 27.4 Å². The predicted octanol–water partition coefficient (Wildman–Crippen LogP) is 3.79. The molecular formula is C20H25N3O2S. The molecule has 0 saturated heterocycles. The first-order valence-corrected chi connectivity index (χ1v) is 9.05. The Hall–Kier alpha value is -2.60. The monoisotopic (exact) mass is 371 g/mol. The molecule has 0 spiro atoms. The molecule has 0 unspecified atom stereocenters. The molecule has 0 bridgehead atoms. The highest BCUT2D eigenvalue weighted by Gasteiger charge is 2.06. The molecule has 0 radical (unpaired) electrons. The molecular weight excluding hydrogens is 346 g/mol. The summed E-state index contributed by atoms with van der Waals surface area (Å²) in [4.78, 5) is 0. The van der Waals surface area contributed by atoms with E-state index in [0.717, 1.165) is 17.7 Å². The van der Waals surface area contributed by atoms with E-state index in [-0.39, 0.29) is 0 Å². The zero-order valence-electron chi connectivity index (χ0n) is 15.4. The van der Waals surface area contributed by atoms with Crippen molar-refractivity contribution in [2.75, 3.05) is 13.2 Å². The lowest BCUT2D eigenvalue weighted by atomic mass is 10.1. The molecule has 0 fully saturated rings. The standard InChI is InChI=1S/C20H25N3O2S/c1-4-21-20(26)23-22-13-16-9-10-18(19(12-16)24-5-2)25-14-17-8-6-7-15(3)11-17/h6-13H,4-5,14H2,1-3H3,(H2,21,23,26). The Morgan fingerprint density at radius 1 is 1.12 bits per heavy atom.